The summed E-state index contributed by atoms with van der Waals surface area (Å²) in [5.41, 5.74) is 4.48. The van der Waals surface area contributed by atoms with Crippen LogP contribution in [0.2, 0.25) is 0 Å². The number of nitrogens with zero attached hydrogens (tertiary/aromatic N) is 4. The van der Waals surface area contributed by atoms with Gasteiger partial charge in [-0.2, -0.15) is 10.1 Å². The molecule has 0 saturated heterocycles. The van der Waals surface area contributed by atoms with Crippen molar-refractivity contribution in [3.63, 3.8) is 0 Å². The third-order valence-electron chi connectivity index (χ3n) is 4.91. The molecule has 4 aromatic rings. The van der Waals surface area contributed by atoms with Gasteiger partial charge in [0.1, 0.15) is 11.9 Å². The Hall–Kier alpha value is -3.32. The fraction of sp³-hybridized carbons (Fsp3) is 0.190. The van der Waals surface area contributed by atoms with E-state index in [0.29, 0.717) is 30.6 Å². The largest absolute Gasteiger partial charge is 0.365 e. The number of ether oxygens (including phenoxy) is 1. The maximum Gasteiger partial charge on any atom is 0.278 e. The van der Waals surface area contributed by atoms with E-state index in [1.807, 2.05) is 41.9 Å². The Morgan fingerprint density at radius 2 is 1.93 bits per heavy atom. The van der Waals surface area contributed by atoms with E-state index in [0.717, 1.165) is 22.4 Å². The first-order valence-corrected chi connectivity index (χ1v) is 9.01. The molecule has 2 aromatic heterocycles. The van der Waals surface area contributed by atoms with Gasteiger partial charge in [-0.3, -0.25) is 4.68 Å². The van der Waals surface area contributed by atoms with E-state index in [4.69, 9.17) is 9.26 Å². The highest BCUT2D eigenvalue weighted by molar-refractivity contribution is 5.61. The Labute approximate surface area is 160 Å². The quantitative estimate of drug-likeness (QED) is 0.533. The van der Waals surface area contributed by atoms with Gasteiger partial charge in [0.05, 0.1) is 18.8 Å². The second kappa shape index (κ2) is 6.69. The van der Waals surface area contributed by atoms with Gasteiger partial charge in [0.2, 0.25) is 5.82 Å². The minimum atomic E-state index is -0.262. The predicted octanol–water partition coefficient (Wildman–Crippen LogP) is 4.32. The number of rotatable bonds is 3. The third-order valence-corrected chi connectivity index (χ3v) is 4.91. The highest BCUT2D eigenvalue weighted by Crippen LogP contribution is 2.29. The summed E-state index contributed by atoms with van der Waals surface area (Å²) in [6.07, 6.45) is -0.175. The van der Waals surface area contributed by atoms with E-state index < -0.39 is 0 Å². The summed E-state index contributed by atoms with van der Waals surface area (Å²) in [5.74, 6) is 0.653. The zero-order chi connectivity index (χ0) is 19.1. The topological polar surface area (TPSA) is 66.0 Å². The summed E-state index contributed by atoms with van der Waals surface area (Å²) in [4.78, 5) is 4.51. The van der Waals surface area contributed by atoms with Crippen molar-refractivity contribution in [3.8, 4) is 23.0 Å². The maximum absolute atomic E-state index is 13.2. The zero-order valence-electron chi connectivity index (χ0n) is 15.2. The van der Waals surface area contributed by atoms with E-state index in [1.54, 1.807) is 12.1 Å². The van der Waals surface area contributed by atoms with E-state index in [2.05, 4.69) is 15.2 Å². The minimum absolute atomic E-state index is 0.175. The lowest BCUT2D eigenvalue weighted by molar-refractivity contribution is -0.00116. The van der Waals surface area contributed by atoms with Crippen molar-refractivity contribution in [2.45, 2.75) is 26.2 Å². The molecule has 0 bridgehead atoms. The summed E-state index contributed by atoms with van der Waals surface area (Å²) >= 11 is 0. The van der Waals surface area contributed by atoms with Crippen molar-refractivity contribution in [1.29, 1.82) is 0 Å². The van der Waals surface area contributed by atoms with Crippen LogP contribution in [0.5, 0.6) is 0 Å². The van der Waals surface area contributed by atoms with Gasteiger partial charge in [0.25, 0.3) is 5.89 Å². The molecule has 5 rings (SSSR count). The first kappa shape index (κ1) is 16.8. The summed E-state index contributed by atoms with van der Waals surface area (Å²) < 4.78 is 26.4. The molecule has 0 saturated carbocycles. The summed E-state index contributed by atoms with van der Waals surface area (Å²) in [6.45, 7) is 2.96. The van der Waals surface area contributed by atoms with Crippen LogP contribution in [0.25, 0.3) is 23.0 Å². The van der Waals surface area contributed by atoms with Crippen molar-refractivity contribution < 1.29 is 13.7 Å². The molecule has 28 heavy (non-hydrogen) atoms. The third kappa shape index (κ3) is 2.99. The van der Waals surface area contributed by atoms with Crippen LogP contribution < -0.4 is 0 Å². The Morgan fingerprint density at radius 3 is 2.75 bits per heavy atom. The highest BCUT2D eigenvalue weighted by Gasteiger charge is 2.24. The van der Waals surface area contributed by atoms with E-state index in [9.17, 15) is 4.39 Å². The SMILES string of the molecule is Cc1ccccc1-c1noc(-c2cc3n(n2)C[C@@H](c2ccc(F)cc2)OC3)n1. The second-order valence-corrected chi connectivity index (χ2v) is 6.79. The fourth-order valence-electron chi connectivity index (χ4n) is 3.37. The van der Waals surface area contributed by atoms with Gasteiger partial charge in [-0.05, 0) is 36.2 Å². The number of aryl methyl sites for hydroxylation is 1. The molecule has 1 atom stereocenters. The van der Waals surface area contributed by atoms with Crippen LogP contribution >= 0.6 is 0 Å². The van der Waals surface area contributed by atoms with Gasteiger partial charge in [-0.1, -0.05) is 41.6 Å². The lowest BCUT2D eigenvalue weighted by Gasteiger charge is -2.24. The molecule has 0 radical (unpaired) electrons. The predicted molar refractivity (Wildman–Crippen MR) is 99.6 cm³/mol. The first-order chi connectivity index (χ1) is 13.7. The van der Waals surface area contributed by atoms with Gasteiger partial charge in [0.15, 0.2) is 5.69 Å². The van der Waals surface area contributed by atoms with Crippen molar-refractivity contribution in [3.05, 3.63) is 77.2 Å². The van der Waals surface area contributed by atoms with Crippen LogP contribution in [0.4, 0.5) is 4.39 Å². The molecule has 0 unspecified atom stereocenters. The van der Waals surface area contributed by atoms with Gasteiger partial charge >= 0.3 is 0 Å². The second-order valence-electron chi connectivity index (χ2n) is 6.79. The molecule has 0 amide bonds. The van der Waals surface area contributed by atoms with Crippen LogP contribution in [0, 0.1) is 12.7 Å². The van der Waals surface area contributed by atoms with Crippen LogP contribution in [0.15, 0.2) is 59.1 Å². The average molecular weight is 376 g/mol. The molecule has 0 fully saturated rings. The molecular weight excluding hydrogens is 359 g/mol. The van der Waals surface area contributed by atoms with Crippen molar-refractivity contribution in [2.24, 2.45) is 0 Å². The van der Waals surface area contributed by atoms with E-state index in [1.165, 1.54) is 12.1 Å². The fourth-order valence-corrected chi connectivity index (χ4v) is 3.37. The summed E-state index contributed by atoms with van der Waals surface area (Å²) in [6, 6.07) is 16.1. The molecule has 2 aromatic carbocycles. The number of hydrogen-bond acceptors (Lipinski definition) is 5. The molecule has 140 valence electrons. The molecule has 7 heteroatoms. The Balaban J connectivity index is 1.41. The molecular formula is C21H17FN4O2. The normalized spacial score (nSPS) is 16.1. The Kier molecular flexibility index (Phi) is 4.02. The van der Waals surface area contributed by atoms with E-state index in [-0.39, 0.29) is 11.9 Å². The lowest BCUT2D eigenvalue weighted by Crippen LogP contribution is -2.21. The van der Waals surface area contributed by atoms with Crippen LogP contribution in [0.3, 0.4) is 0 Å². The maximum atomic E-state index is 13.2. The van der Waals surface area contributed by atoms with Gasteiger partial charge in [-0.15, -0.1) is 0 Å². The van der Waals surface area contributed by atoms with Crippen LogP contribution in [-0.2, 0) is 17.9 Å². The number of aromatic nitrogens is 4. The van der Waals surface area contributed by atoms with Crippen molar-refractivity contribution >= 4 is 0 Å². The number of hydrogen-bond donors (Lipinski definition) is 0. The molecule has 3 heterocycles. The first-order valence-electron chi connectivity index (χ1n) is 9.01. The van der Waals surface area contributed by atoms with Gasteiger partial charge in [-0.25, -0.2) is 4.39 Å². The van der Waals surface area contributed by atoms with Gasteiger partial charge < -0.3 is 9.26 Å². The molecule has 6 nitrogen and oxygen atoms in total. The minimum Gasteiger partial charge on any atom is -0.365 e. The van der Waals surface area contributed by atoms with E-state index >= 15 is 0 Å². The zero-order valence-corrected chi connectivity index (χ0v) is 15.2. The summed E-state index contributed by atoms with van der Waals surface area (Å²) in [5, 5.41) is 8.71. The average Bonchev–Trinajstić information content (AvgIpc) is 3.35. The highest BCUT2D eigenvalue weighted by atomic mass is 19.1. The van der Waals surface area contributed by atoms with Gasteiger partial charge in [0, 0.05) is 5.56 Å². The Morgan fingerprint density at radius 1 is 1.11 bits per heavy atom. The Bertz CT molecular complexity index is 1130. The molecule has 1 aliphatic rings. The molecule has 1 aliphatic heterocycles. The number of benzene rings is 2. The van der Waals surface area contributed by atoms with Crippen molar-refractivity contribution in [2.75, 3.05) is 0 Å². The van der Waals surface area contributed by atoms with Crippen molar-refractivity contribution in [1.82, 2.24) is 19.9 Å². The number of fused-ring (bicyclic) bond motifs is 1. The smallest absolute Gasteiger partial charge is 0.278 e. The van der Waals surface area contributed by atoms with Crippen LogP contribution in [0.1, 0.15) is 22.9 Å². The summed E-state index contributed by atoms with van der Waals surface area (Å²) in [7, 11) is 0. The standard InChI is InChI=1S/C21H17FN4O2/c1-13-4-2-3-5-17(13)20-23-21(28-25-20)18-10-16-12-27-19(11-26(16)24-18)14-6-8-15(22)9-7-14/h2-10,19H,11-12H2,1H3/t19-/m0/s1. The monoisotopic (exact) mass is 376 g/mol. The molecule has 0 aliphatic carbocycles. The lowest BCUT2D eigenvalue weighted by atomic mass is 10.1. The molecule has 0 N–H and O–H groups in total. The van der Waals surface area contributed by atoms with Crippen LogP contribution in [-0.4, -0.2) is 19.9 Å². The molecule has 0 spiro atoms. The number of halogens is 1.